The molecule has 0 atom stereocenters. The van der Waals surface area contributed by atoms with E-state index in [-0.39, 0.29) is 12.2 Å². The maximum atomic E-state index is 11.8. The zero-order chi connectivity index (χ0) is 13.9. The number of rotatable bonds is 3. The lowest BCUT2D eigenvalue weighted by Gasteiger charge is -2.35. The molecule has 2 aromatic heterocycles. The molecule has 3 rings (SSSR count). The predicted molar refractivity (Wildman–Crippen MR) is 77.2 cm³/mol. The van der Waals surface area contributed by atoms with Gasteiger partial charge in [0.25, 0.3) is 5.56 Å². The van der Waals surface area contributed by atoms with Gasteiger partial charge in [-0.25, -0.2) is 4.98 Å². The van der Waals surface area contributed by atoms with Crippen LogP contribution >= 0.6 is 0 Å². The second kappa shape index (κ2) is 5.60. The van der Waals surface area contributed by atoms with Crippen molar-refractivity contribution in [3.05, 3.63) is 40.9 Å². The third-order valence-electron chi connectivity index (χ3n) is 3.73. The van der Waals surface area contributed by atoms with E-state index in [1.54, 1.807) is 4.40 Å². The minimum absolute atomic E-state index is 0.0595. The van der Waals surface area contributed by atoms with Crippen LogP contribution in [0.3, 0.4) is 0 Å². The van der Waals surface area contributed by atoms with Gasteiger partial charge in [0.1, 0.15) is 5.65 Å². The summed E-state index contributed by atoms with van der Waals surface area (Å²) in [6.45, 7) is 4.61. The Labute approximate surface area is 116 Å². The number of hydrogen-bond acceptors (Lipinski definition) is 5. The molecule has 1 fully saturated rings. The standard InChI is InChI=1S/C14H18N4O2/c19-10-9-16-5-7-17(8-6-16)12-1-2-13-15-4-3-14(20)18(13)11-12/h1-4,11,19H,5-10H2. The number of β-amino-alcohol motifs (C(OH)–C–C–N with tert-alkyl or cyclic N) is 1. The van der Waals surface area contributed by atoms with Crippen molar-refractivity contribution in [3.63, 3.8) is 0 Å². The van der Waals surface area contributed by atoms with Crippen molar-refractivity contribution in [3.8, 4) is 0 Å². The number of hydrogen-bond donors (Lipinski definition) is 1. The summed E-state index contributed by atoms with van der Waals surface area (Å²) < 4.78 is 1.58. The molecule has 0 unspecified atom stereocenters. The van der Waals surface area contributed by atoms with Gasteiger partial charge in [0.15, 0.2) is 0 Å². The molecule has 1 N–H and O–H groups in total. The molecule has 0 saturated carbocycles. The SMILES string of the molecule is O=c1ccnc2ccc(N3CCN(CCO)CC3)cn12. The molecule has 20 heavy (non-hydrogen) atoms. The van der Waals surface area contributed by atoms with Gasteiger partial charge in [-0.1, -0.05) is 0 Å². The van der Waals surface area contributed by atoms with Gasteiger partial charge < -0.3 is 10.0 Å². The van der Waals surface area contributed by atoms with Crippen molar-refractivity contribution >= 4 is 11.3 Å². The average Bonchev–Trinajstić information content (AvgIpc) is 2.49. The monoisotopic (exact) mass is 274 g/mol. The summed E-state index contributed by atoms with van der Waals surface area (Å²) in [4.78, 5) is 20.5. The first-order valence-corrected chi connectivity index (χ1v) is 6.83. The van der Waals surface area contributed by atoms with Gasteiger partial charge in [-0.3, -0.25) is 14.1 Å². The number of piperazine rings is 1. The quantitative estimate of drug-likeness (QED) is 0.840. The van der Waals surface area contributed by atoms with Crippen molar-refractivity contribution in [2.24, 2.45) is 0 Å². The summed E-state index contributed by atoms with van der Waals surface area (Å²) in [5, 5.41) is 8.95. The maximum absolute atomic E-state index is 11.8. The maximum Gasteiger partial charge on any atom is 0.257 e. The van der Waals surface area contributed by atoms with Gasteiger partial charge in [0.2, 0.25) is 0 Å². The number of fused-ring (bicyclic) bond motifs is 1. The Balaban J connectivity index is 1.81. The van der Waals surface area contributed by atoms with Crippen LogP contribution in [-0.4, -0.2) is 58.7 Å². The Kier molecular flexibility index (Phi) is 3.66. The van der Waals surface area contributed by atoms with Crippen LogP contribution in [0.1, 0.15) is 0 Å². The number of aromatic nitrogens is 2. The van der Waals surface area contributed by atoms with Gasteiger partial charge in [-0.05, 0) is 12.1 Å². The topological polar surface area (TPSA) is 61.1 Å². The molecule has 106 valence electrons. The summed E-state index contributed by atoms with van der Waals surface area (Å²) in [7, 11) is 0. The zero-order valence-corrected chi connectivity index (χ0v) is 11.3. The third kappa shape index (κ3) is 2.52. The summed E-state index contributed by atoms with van der Waals surface area (Å²) in [5.41, 5.74) is 1.65. The fourth-order valence-electron chi connectivity index (χ4n) is 2.58. The van der Waals surface area contributed by atoms with Gasteiger partial charge in [-0.2, -0.15) is 0 Å². The predicted octanol–water partition coefficient (Wildman–Crippen LogP) is -0.191. The Morgan fingerprint density at radius 2 is 1.95 bits per heavy atom. The molecule has 1 aliphatic rings. The Morgan fingerprint density at radius 1 is 1.15 bits per heavy atom. The smallest absolute Gasteiger partial charge is 0.257 e. The van der Waals surface area contributed by atoms with Crippen molar-refractivity contribution in [1.82, 2.24) is 14.3 Å². The number of aliphatic hydroxyl groups is 1. The van der Waals surface area contributed by atoms with E-state index in [1.807, 2.05) is 18.3 Å². The Morgan fingerprint density at radius 3 is 2.70 bits per heavy atom. The molecule has 1 aliphatic heterocycles. The van der Waals surface area contributed by atoms with Crippen LogP contribution in [0.5, 0.6) is 0 Å². The van der Waals surface area contributed by atoms with E-state index < -0.39 is 0 Å². The molecule has 0 radical (unpaired) electrons. The van der Waals surface area contributed by atoms with E-state index in [0.717, 1.165) is 38.4 Å². The minimum Gasteiger partial charge on any atom is -0.395 e. The molecule has 0 aromatic carbocycles. The fourth-order valence-corrected chi connectivity index (χ4v) is 2.58. The molecule has 0 spiro atoms. The third-order valence-corrected chi connectivity index (χ3v) is 3.73. The number of pyridine rings is 1. The number of nitrogens with zero attached hydrogens (tertiary/aromatic N) is 4. The Bertz CT molecular complexity index is 647. The van der Waals surface area contributed by atoms with Crippen LogP contribution < -0.4 is 10.5 Å². The molecular weight excluding hydrogens is 256 g/mol. The van der Waals surface area contributed by atoms with Crippen LogP contribution in [0.25, 0.3) is 5.65 Å². The van der Waals surface area contributed by atoms with Gasteiger partial charge in [0, 0.05) is 51.2 Å². The highest BCUT2D eigenvalue weighted by Crippen LogP contribution is 2.16. The second-order valence-corrected chi connectivity index (χ2v) is 4.95. The lowest BCUT2D eigenvalue weighted by Crippen LogP contribution is -2.47. The van der Waals surface area contributed by atoms with Crippen LogP contribution in [0.15, 0.2) is 35.4 Å². The van der Waals surface area contributed by atoms with Gasteiger partial charge in [0.05, 0.1) is 12.3 Å². The first-order chi connectivity index (χ1) is 9.78. The van der Waals surface area contributed by atoms with Gasteiger partial charge in [-0.15, -0.1) is 0 Å². The number of aliphatic hydroxyl groups excluding tert-OH is 1. The van der Waals surface area contributed by atoms with Crippen LogP contribution in [0.4, 0.5) is 5.69 Å². The molecule has 0 aliphatic carbocycles. The lowest BCUT2D eigenvalue weighted by molar-refractivity contribution is 0.189. The molecular formula is C14H18N4O2. The summed E-state index contributed by atoms with van der Waals surface area (Å²) in [6.07, 6.45) is 3.39. The van der Waals surface area contributed by atoms with Crippen molar-refractivity contribution in [1.29, 1.82) is 0 Å². The van der Waals surface area contributed by atoms with Crippen LogP contribution in [0, 0.1) is 0 Å². The van der Waals surface area contributed by atoms with E-state index in [2.05, 4.69) is 14.8 Å². The van der Waals surface area contributed by atoms with Crippen molar-refractivity contribution < 1.29 is 5.11 Å². The molecule has 6 nitrogen and oxygen atoms in total. The van der Waals surface area contributed by atoms with E-state index in [9.17, 15) is 4.79 Å². The van der Waals surface area contributed by atoms with Crippen LogP contribution in [0.2, 0.25) is 0 Å². The fraction of sp³-hybridized carbons (Fsp3) is 0.429. The second-order valence-electron chi connectivity index (χ2n) is 4.95. The highest BCUT2D eigenvalue weighted by Gasteiger charge is 2.17. The largest absolute Gasteiger partial charge is 0.395 e. The Hall–Kier alpha value is -1.92. The van der Waals surface area contributed by atoms with E-state index in [1.165, 1.54) is 12.3 Å². The van der Waals surface area contributed by atoms with E-state index >= 15 is 0 Å². The first-order valence-electron chi connectivity index (χ1n) is 6.83. The normalized spacial score (nSPS) is 16.8. The lowest BCUT2D eigenvalue weighted by atomic mass is 10.2. The molecule has 0 bridgehead atoms. The summed E-state index contributed by atoms with van der Waals surface area (Å²) in [5.74, 6) is 0. The minimum atomic E-state index is -0.0595. The molecule has 1 saturated heterocycles. The highest BCUT2D eigenvalue weighted by molar-refractivity contribution is 5.51. The van der Waals surface area contributed by atoms with Gasteiger partial charge >= 0.3 is 0 Å². The first kappa shape index (κ1) is 13.1. The average molecular weight is 274 g/mol. The summed E-state index contributed by atoms with van der Waals surface area (Å²) in [6, 6.07) is 5.34. The zero-order valence-electron chi connectivity index (χ0n) is 11.3. The molecule has 6 heteroatoms. The number of anilines is 1. The summed E-state index contributed by atoms with van der Waals surface area (Å²) >= 11 is 0. The van der Waals surface area contributed by atoms with Crippen LogP contribution in [-0.2, 0) is 0 Å². The highest BCUT2D eigenvalue weighted by atomic mass is 16.3. The van der Waals surface area contributed by atoms with Crippen molar-refractivity contribution in [2.45, 2.75) is 0 Å². The van der Waals surface area contributed by atoms with E-state index in [0.29, 0.717) is 5.65 Å². The molecule has 0 amide bonds. The molecule has 3 heterocycles. The van der Waals surface area contributed by atoms with Crippen molar-refractivity contribution in [2.75, 3.05) is 44.2 Å². The van der Waals surface area contributed by atoms with E-state index in [4.69, 9.17) is 5.11 Å². The molecule has 2 aromatic rings.